The summed E-state index contributed by atoms with van der Waals surface area (Å²) in [4.78, 5) is -0.0757. The van der Waals surface area contributed by atoms with Crippen molar-refractivity contribution in [2.45, 2.75) is 35.8 Å². The first kappa shape index (κ1) is 21.2. The summed E-state index contributed by atoms with van der Waals surface area (Å²) >= 11 is 5.84. The number of aliphatic hydroxyl groups is 1. The first-order valence-corrected chi connectivity index (χ1v) is 10.8. The van der Waals surface area contributed by atoms with E-state index in [-0.39, 0.29) is 42.5 Å². The van der Waals surface area contributed by atoms with Crippen LogP contribution in [0.2, 0.25) is 5.02 Å². The molecule has 1 heterocycles. The van der Waals surface area contributed by atoms with Crippen LogP contribution in [0.1, 0.15) is 13.3 Å². The van der Waals surface area contributed by atoms with Crippen molar-refractivity contribution in [2.24, 2.45) is 5.92 Å². The number of alkyl halides is 1. The lowest BCUT2D eigenvalue weighted by atomic mass is 9.89. The van der Waals surface area contributed by atoms with E-state index >= 15 is 0 Å². The summed E-state index contributed by atoms with van der Waals surface area (Å²) in [5, 5.41) is 7.82. The van der Waals surface area contributed by atoms with E-state index < -0.39 is 39.1 Å². The number of rotatable bonds is 6. The third-order valence-electron chi connectivity index (χ3n) is 4.78. The Morgan fingerprint density at radius 1 is 1.32 bits per heavy atom. The smallest absolute Gasteiger partial charge is 0.188 e. The molecule has 0 saturated heterocycles. The van der Waals surface area contributed by atoms with E-state index in [1.165, 1.54) is 31.2 Å². The van der Waals surface area contributed by atoms with E-state index in [2.05, 4.69) is 0 Å². The van der Waals surface area contributed by atoms with Crippen LogP contribution in [0.4, 0.5) is 8.78 Å². The lowest BCUT2D eigenvalue weighted by Crippen LogP contribution is -2.47. The molecule has 0 amide bonds. The molecule has 0 aromatic heterocycles. The molecule has 28 heavy (non-hydrogen) atoms. The van der Waals surface area contributed by atoms with E-state index in [0.717, 1.165) is 6.08 Å². The summed E-state index contributed by atoms with van der Waals surface area (Å²) in [7, 11) is -4.14. The Morgan fingerprint density at radius 2 is 2.00 bits per heavy atom. The molecule has 1 aliphatic heterocycles. The fraction of sp³-hybridized carbons (Fsp3) is 0.474. The average Bonchev–Trinajstić information content (AvgIpc) is 2.66. The highest BCUT2D eigenvalue weighted by Gasteiger charge is 2.48. The Hall–Kier alpha value is -1.48. The summed E-state index contributed by atoms with van der Waals surface area (Å²) in [5.41, 5.74) is -0.333. The highest BCUT2D eigenvalue weighted by molar-refractivity contribution is 7.92. The van der Waals surface area contributed by atoms with E-state index in [1.807, 2.05) is 0 Å². The molecule has 1 N–H and O–H groups in total. The van der Waals surface area contributed by atoms with Gasteiger partial charge in [-0.05, 0) is 36.8 Å². The van der Waals surface area contributed by atoms with Gasteiger partial charge in [0.15, 0.2) is 16.0 Å². The summed E-state index contributed by atoms with van der Waals surface area (Å²) in [6, 6.07) is 5.46. The van der Waals surface area contributed by atoms with E-state index in [4.69, 9.17) is 26.2 Å². The molecule has 1 aliphatic carbocycles. The van der Waals surface area contributed by atoms with Gasteiger partial charge in [0.25, 0.3) is 0 Å². The zero-order chi connectivity index (χ0) is 20.5. The van der Waals surface area contributed by atoms with Gasteiger partial charge in [-0.25, -0.2) is 17.2 Å². The monoisotopic (exact) mass is 434 g/mol. The maximum absolute atomic E-state index is 14.8. The molecule has 4 unspecified atom stereocenters. The van der Waals surface area contributed by atoms with Crippen molar-refractivity contribution >= 4 is 21.4 Å². The Kier molecular flexibility index (Phi) is 6.44. The van der Waals surface area contributed by atoms with Gasteiger partial charge in [0, 0.05) is 29.7 Å². The standard InChI is InChI=1S/C19H21ClF2O5S/c1-11-9-14(21)16-18(17(11)22)27-10-15(26-8-2-7-23)19(16)28(24,25)13-5-3-12(20)4-6-13/h3-6,9,11,15,17,19,23H,2,7-8,10H2,1H3. The molecule has 3 rings (SSSR count). The van der Waals surface area contributed by atoms with Crippen molar-refractivity contribution in [3.8, 4) is 0 Å². The second-order valence-corrected chi connectivity index (χ2v) is 9.28. The van der Waals surface area contributed by atoms with E-state index in [1.54, 1.807) is 0 Å². The fourth-order valence-corrected chi connectivity index (χ4v) is 5.38. The number of hydrogen-bond acceptors (Lipinski definition) is 5. The van der Waals surface area contributed by atoms with Crippen molar-refractivity contribution < 1.29 is 31.8 Å². The minimum atomic E-state index is -4.14. The normalized spacial score (nSPS) is 27.8. The minimum absolute atomic E-state index is 0.0561. The maximum Gasteiger partial charge on any atom is 0.188 e. The molecule has 5 nitrogen and oxygen atoms in total. The highest BCUT2D eigenvalue weighted by atomic mass is 35.5. The van der Waals surface area contributed by atoms with Crippen LogP contribution in [0.3, 0.4) is 0 Å². The van der Waals surface area contributed by atoms with Crippen molar-refractivity contribution in [3.63, 3.8) is 0 Å². The van der Waals surface area contributed by atoms with Gasteiger partial charge in [0.2, 0.25) is 0 Å². The molecule has 1 aromatic carbocycles. The summed E-state index contributed by atoms with van der Waals surface area (Å²) in [5.74, 6) is -1.89. The highest BCUT2D eigenvalue weighted by Crippen LogP contribution is 2.42. The number of aliphatic hydroxyl groups excluding tert-OH is 1. The summed E-state index contributed by atoms with van der Waals surface area (Å²) in [6.45, 7) is 1.17. The molecular weight excluding hydrogens is 414 g/mol. The van der Waals surface area contributed by atoms with Gasteiger partial charge < -0.3 is 14.6 Å². The second-order valence-electron chi connectivity index (χ2n) is 6.77. The van der Waals surface area contributed by atoms with Gasteiger partial charge in [0.05, 0.1) is 4.90 Å². The van der Waals surface area contributed by atoms with Crippen LogP contribution in [-0.2, 0) is 19.3 Å². The minimum Gasteiger partial charge on any atom is -0.492 e. The van der Waals surface area contributed by atoms with Gasteiger partial charge in [0.1, 0.15) is 29.5 Å². The Bertz CT molecular complexity index is 882. The average molecular weight is 435 g/mol. The number of hydrogen-bond donors (Lipinski definition) is 1. The number of benzene rings is 1. The van der Waals surface area contributed by atoms with Crippen LogP contribution >= 0.6 is 11.6 Å². The zero-order valence-electron chi connectivity index (χ0n) is 15.1. The fourth-order valence-electron chi connectivity index (χ4n) is 3.35. The molecule has 0 fully saturated rings. The first-order chi connectivity index (χ1) is 13.3. The van der Waals surface area contributed by atoms with Crippen LogP contribution in [-0.4, -0.2) is 50.9 Å². The van der Waals surface area contributed by atoms with E-state index in [9.17, 15) is 17.2 Å². The summed E-state index contributed by atoms with van der Waals surface area (Å²) in [6.07, 6.45) is -1.36. The predicted octanol–water partition coefficient (Wildman–Crippen LogP) is 3.38. The SMILES string of the molecule is CC1C=C(F)C2=C(OCC(OCCCO)C2S(=O)(=O)c2ccc(Cl)cc2)C1F. The van der Waals surface area contributed by atoms with Crippen LogP contribution in [0.5, 0.6) is 0 Å². The predicted molar refractivity (Wildman–Crippen MR) is 100 cm³/mol. The topological polar surface area (TPSA) is 72.8 Å². The Labute approximate surface area is 167 Å². The van der Waals surface area contributed by atoms with Crippen molar-refractivity contribution in [1.82, 2.24) is 0 Å². The van der Waals surface area contributed by atoms with Gasteiger partial charge >= 0.3 is 0 Å². The van der Waals surface area contributed by atoms with Crippen LogP contribution < -0.4 is 0 Å². The molecule has 4 atom stereocenters. The quantitative estimate of drug-likeness (QED) is 0.695. The molecule has 0 saturated carbocycles. The molecule has 2 aliphatic rings. The zero-order valence-corrected chi connectivity index (χ0v) is 16.7. The number of ether oxygens (including phenoxy) is 2. The van der Waals surface area contributed by atoms with Crippen LogP contribution in [0, 0.1) is 5.92 Å². The Morgan fingerprint density at radius 3 is 2.64 bits per heavy atom. The van der Waals surface area contributed by atoms with Gasteiger partial charge in [-0.1, -0.05) is 18.5 Å². The molecule has 0 bridgehead atoms. The maximum atomic E-state index is 14.8. The number of halogens is 3. The molecule has 0 spiro atoms. The van der Waals surface area contributed by atoms with Crippen LogP contribution in [0.25, 0.3) is 0 Å². The molecule has 9 heteroatoms. The lowest BCUT2D eigenvalue weighted by molar-refractivity contribution is -0.0234. The third-order valence-corrected chi connectivity index (χ3v) is 7.17. The molecule has 1 aromatic rings. The van der Waals surface area contributed by atoms with E-state index in [0.29, 0.717) is 5.02 Å². The third kappa shape index (κ3) is 3.96. The molecular formula is C19H21ClF2O5S. The lowest BCUT2D eigenvalue weighted by Gasteiger charge is -2.38. The molecule has 154 valence electrons. The largest absolute Gasteiger partial charge is 0.492 e. The van der Waals surface area contributed by atoms with Gasteiger partial charge in [-0.2, -0.15) is 0 Å². The van der Waals surface area contributed by atoms with Gasteiger partial charge in [-0.3, -0.25) is 0 Å². The van der Waals surface area contributed by atoms with Crippen molar-refractivity contribution in [2.75, 3.05) is 19.8 Å². The first-order valence-electron chi connectivity index (χ1n) is 8.88. The van der Waals surface area contributed by atoms with Crippen LogP contribution in [0.15, 0.2) is 52.4 Å². The number of allylic oxidation sites excluding steroid dienone is 3. The van der Waals surface area contributed by atoms with Crippen molar-refractivity contribution in [3.05, 3.63) is 52.5 Å². The number of sulfone groups is 1. The Balaban J connectivity index is 2.09. The molecule has 0 radical (unpaired) electrons. The van der Waals surface area contributed by atoms with Crippen molar-refractivity contribution in [1.29, 1.82) is 0 Å². The second kappa shape index (κ2) is 8.49. The summed E-state index contributed by atoms with van der Waals surface area (Å²) < 4.78 is 67.2. The van der Waals surface area contributed by atoms with Gasteiger partial charge in [-0.15, -0.1) is 0 Å².